The maximum atomic E-state index is 6.21. The highest BCUT2D eigenvalue weighted by atomic mass is 79.9. The van der Waals surface area contributed by atoms with E-state index in [4.69, 9.17) is 16.3 Å². The first-order valence-electron chi connectivity index (χ1n) is 6.94. The standard InChI is InChI=1S/C15H19BrClNO/c1-10-7-12(16)14(8-13(10)17)18-11-3-6-19-15(9-11)4-2-5-15/h7-8,11,18H,2-6,9H2,1H3. The van der Waals surface area contributed by atoms with Crippen LogP contribution in [0.25, 0.3) is 0 Å². The number of hydrogen-bond donors (Lipinski definition) is 1. The van der Waals surface area contributed by atoms with Crippen LogP contribution in [-0.4, -0.2) is 18.2 Å². The molecule has 2 fully saturated rings. The van der Waals surface area contributed by atoms with Crippen LogP contribution in [-0.2, 0) is 4.74 Å². The maximum Gasteiger partial charge on any atom is 0.0702 e. The third-order valence-electron chi connectivity index (χ3n) is 4.37. The fraction of sp³-hybridized carbons (Fsp3) is 0.600. The Morgan fingerprint density at radius 3 is 2.89 bits per heavy atom. The van der Waals surface area contributed by atoms with Crippen LogP contribution in [0.3, 0.4) is 0 Å². The molecule has 1 aromatic carbocycles. The minimum absolute atomic E-state index is 0.177. The first-order chi connectivity index (χ1) is 9.08. The molecule has 0 bridgehead atoms. The van der Waals surface area contributed by atoms with E-state index in [1.165, 1.54) is 19.3 Å². The number of ether oxygens (including phenoxy) is 1. The number of anilines is 1. The van der Waals surface area contributed by atoms with Gasteiger partial charge in [-0.15, -0.1) is 0 Å². The van der Waals surface area contributed by atoms with Crippen LogP contribution in [0.1, 0.15) is 37.7 Å². The van der Waals surface area contributed by atoms with Crippen LogP contribution in [0.2, 0.25) is 5.02 Å². The number of benzene rings is 1. The smallest absolute Gasteiger partial charge is 0.0702 e. The summed E-state index contributed by atoms with van der Waals surface area (Å²) in [5.41, 5.74) is 2.37. The average molecular weight is 345 g/mol. The second-order valence-electron chi connectivity index (χ2n) is 5.80. The number of halogens is 2. The molecule has 19 heavy (non-hydrogen) atoms. The molecule has 1 saturated carbocycles. The van der Waals surface area contributed by atoms with Gasteiger partial charge in [-0.1, -0.05) is 11.6 Å². The van der Waals surface area contributed by atoms with Gasteiger partial charge < -0.3 is 10.1 Å². The second kappa shape index (κ2) is 5.27. The van der Waals surface area contributed by atoms with Crippen LogP contribution < -0.4 is 5.32 Å². The predicted molar refractivity (Wildman–Crippen MR) is 83.1 cm³/mol. The maximum absolute atomic E-state index is 6.21. The molecule has 1 saturated heterocycles. The van der Waals surface area contributed by atoms with Gasteiger partial charge in [0.1, 0.15) is 0 Å². The lowest BCUT2D eigenvalue weighted by Gasteiger charge is -2.47. The van der Waals surface area contributed by atoms with E-state index in [1.54, 1.807) is 0 Å². The molecule has 0 aromatic heterocycles. The Bertz CT molecular complexity index is 487. The Balaban J connectivity index is 1.72. The normalized spacial score (nSPS) is 25.1. The van der Waals surface area contributed by atoms with Gasteiger partial charge in [0.15, 0.2) is 0 Å². The van der Waals surface area contributed by atoms with Gasteiger partial charge in [0.05, 0.1) is 11.3 Å². The topological polar surface area (TPSA) is 21.3 Å². The molecule has 2 aliphatic rings. The Morgan fingerprint density at radius 2 is 2.21 bits per heavy atom. The van der Waals surface area contributed by atoms with E-state index in [0.717, 1.165) is 40.2 Å². The van der Waals surface area contributed by atoms with Crippen LogP contribution >= 0.6 is 27.5 Å². The lowest BCUT2D eigenvalue weighted by Crippen LogP contribution is -2.49. The van der Waals surface area contributed by atoms with Crippen LogP contribution in [0.5, 0.6) is 0 Å². The van der Waals surface area contributed by atoms with E-state index in [1.807, 2.05) is 13.0 Å². The molecule has 1 atom stereocenters. The number of nitrogens with one attached hydrogen (secondary N) is 1. The second-order valence-corrected chi connectivity index (χ2v) is 7.06. The Kier molecular flexibility index (Phi) is 3.80. The van der Waals surface area contributed by atoms with Crippen molar-refractivity contribution in [2.24, 2.45) is 0 Å². The van der Waals surface area contributed by atoms with Crippen molar-refractivity contribution in [2.45, 2.75) is 50.7 Å². The molecule has 1 aromatic rings. The van der Waals surface area contributed by atoms with E-state index >= 15 is 0 Å². The third-order valence-corrected chi connectivity index (χ3v) is 5.43. The van der Waals surface area contributed by atoms with Gasteiger partial charge >= 0.3 is 0 Å². The van der Waals surface area contributed by atoms with Crippen molar-refractivity contribution in [3.05, 3.63) is 27.2 Å². The Morgan fingerprint density at radius 1 is 1.42 bits per heavy atom. The van der Waals surface area contributed by atoms with Gasteiger partial charge in [-0.2, -0.15) is 0 Å². The Labute approximate surface area is 128 Å². The quantitative estimate of drug-likeness (QED) is 0.822. The number of aryl methyl sites for hydroxylation is 1. The largest absolute Gasteiger partial charge is 0.381 e. The molecule has 2 nitrogen and oxygen atoms in total. The first-order valence-corrected chi connectivity index (χ1v) is 8.11. The molecule has 1 N–H and O–H groups in total. The van der Waals surface area contributed by atoms with Crippen molar-refractivity contribution >= 4 is 33.2 Å². The molecule has 1 unspecified atom stereocenters. The van der Waals surface area contributed by atoms with E-state index in [-0.39, 0.29) is 5.60 Å². The summed E-state index contributed by atoms with van der Waals surface area (Å²) in [5.74, 6) is 0. The fourth-order valence-corrected chi connectivity index (χ4v) is 3.78. The van der Waals surface area contributed by atoms with Crippen LogP contribution in [0.4, 0.5) is 5.69 Å². The zero-order valence-corrected chi connectivity index (χ0v) is 13.5. The summed E-state index contributed by atoms with van der Waals surface area (Å²) in [5, 5.41) is 4.45. The van der Waals surface area contributed by atoms with Gasteiger partial charge in [-0.05, 0) is 72.7 Å². The minimum atomic E-state index is 0.177. The van der Waals surface area contributed by atoms with Gasteiger partial charge in [0.25, 0.3) is 0 Å². The molecule has 4 heteroatoms. The van der Waals surface area contributed by atoms with E-state index in [0.29, 0.717) is 6.04 Å². The minimum Gasteiger partial charge on any atom is -0.381 e. The molecule has 1 spiro atoms. The summed E-state index contributed by atoms with van der Waals surface area (Å²) < 4.78 is 7.05. The Hall–Kier alpha value is -0.250. The van der Waals surface area contributed by atoms with Crippen molar-refractivity contribution in [1.29, 1.82) is 0 Å². The van der Waals surface area contributed by atoms with Gasteiger partial charge in [0.2, 0.25) is 0 Å². The van der Waals surface area contributed by atoms with Gasteiger partial charge in [-0.25, -0.2) is 0 Å². The monoisotopic (exact) mass is 343 g/mol. The van der Waals surface area contributed by atoms with Crippen LogP contribution in [0, 0.1) is 6.92 Å². The fourth-order valence-electron chi connectivity index (χ4n) is 3.05. The predicted octanol–water partition coefficient (Wildman–Crippen LogP) is 4.92. The van der Waals surface area contributed by atoms with E-state index in [9.17, 15) is 0 Å². The zero-order chi connectivity index (χ0) is 13.5. The van der Waals surface area contributed by atoms with Crippen LogP contribution in [0.15, 0.2) is 16.6 Å². The highest BCUT2D eigenvalue weighted by Gasteiger charge is 2.42. The lowest BCUT2D eigenvalue weighted by atomic mass is 9.74. The van der Waals surface area contributed by atoms with E-state index < -0.39 is 0 Å². The van der Waals surface area contributed by atoms with Gasteiger partial charge in [0, 0.05) is 22.1 Å². The lowest BCUT2D eigenvalue weighted by molar-refractivity contribution is -0.130. The molecular formula is C15H19BrClNO. The molecule has 104 valence electrons. The summed E-state index contributed by atoms with van der Waals surface area (Å²) >= 11 is 9.83. The number of rotatable bonds is 2. The molecule has 3 rings (SSSR count). The summed E-state index contributed by atoms with van der Waals surface area (Å²) in [4.78, 5) is 0. The van der Waals surface area contributed by atoms with Crippen molar-refractivity contribution in [3.8, 4) is 0 Å². The first kappa shape index (κ1) is 13.7. The summed E-state index contributed by atoms with van der Waals surface area (Å²) in [6.45, 7) is 2.89. The molecule has 1 aliphatic carbocycles. The summed E-state index contributed by atoms with van der Waals surface area (Å²) in [6.07, 6.45) is 5.94. The molecule has 0 amide bonds. The highest BCUT2D eigenvalue weighted by Crippen LogP contribution is 2.43. The zero-order valence-electron chi connectivity index (χ0n) is 11.1. The van der Waals surface area contributed by atoms with Crippen molar-refractivity contribution < 1.29 is 4.74 Å². The average Bonchev–Trinajstić information content (AvgIpc) is 2.34. The van der Waals surface area contributed by atoms with Crippen molar-refractivity contribution in [2.75, 3.05) is 11.9 Å². The van der Waals surface area contributed by atoms with Crippen molar-refractivity contribution in [3.63, 3.8) is 0 Å². The van der Waals surface area contributed by atoms with E-state index in [2.05, 4.69) is 27.3 Å². The summed E-state index contributed by atoms with van der Waals surface area (Å²) in [7, 11) is 0. The SMILES string of the molecule is Cc1cc(Br)c(NC2CCOC3(CCC3)C2)cc1Cl. The molecule has 1 heterocycles. The number of hydrogen-bond acceptors (Lipinski definition) is 2. The van der Waals surface area contributed by atoms with Crippen molar-refractivity contribution in [1.82, 2.24) is 0 Å². The van der Waals surface area contributed by atoms with Gasteiger partial charge in [-0.3, -0.25) is 0 Å². The molecule has 0 radical (unpaired) electrons. The highest BCUT2D eigenvalue weighted by molar-refractivity contribution is 9.10. The third kappa shape index (κ3) is 2.79. The molecular weight excluding hydrogens is 326 g/mol. The molecule has 1 aliphatic heterocycles. The summed E-state index contributed by atoms with van der Waals surface area (Å²) in [6, 6.07) is 4.58.